The fourth-order valence-electron chi connectivity index (χ4n) is 1.67. The molecule has 1 aromatic carbocycles. The number of fused-ring (bicyclic) bond motifs is 1. The summed E-state index contributed by atoms with van der Waals surface area (Å²) < 4.78 is 1.91. The SMILES string of the molecule is Bc1cnc2nnc(-c3ccccc3)n2c1. The van der Waals surface area contributed by atoms with Crippen LogP contribution in [0.2, 0.25) is 0 Å². The van der Waals surface area contributed by atoms with E-state index >= 15 is 0 Å². The highest BCUT2D eigenvalue weighted by atomic mass is 15.3. The Hall–Kier alpha value is -2.17. The first kappa shape index (κ1) is 9.09. The average Bonchev–Trinajstić information content (AvgIpc) is 2.73. The van der Waals surface area contributed by atoms with E-state index < -0.39 is 0 Å². The second kappa shape index (κ2) is 3.45. The van der Waals surface area contributed by atoms with Gasteiger partial charge in [0.15, 0.2) is 5.82 Å². The number of hydrogen-bond acceptors (Lipinski definition) is 3. The molecule has 0 aliphatic rings. The van der Waals surface area contributed by atoms with E-state index in [0.717, 1.165) is 16.9 Å². The van der Waals surface area contributed by atoms with Crippen LogP contribution in [0.5, 0.6) is 0 Å². The third-order valence-electron chi connectivity index (χ3n) is 2.43. The Balaban J connectivity index is 2.29. The highest BCUT2D eigenvalue weighted by Gasteiger charge is 2.07. The molecule has 0 saturated carbocycles. The molecule has 4 nitrogen and oxygen atoms in total. The van der Waals surface area contributed by atoms with Gasteiger partial charge in [0.25, 0.3) is 5.78 Å². The number of aromatic nitrogens is 4. The van der Waals surface area contributed by atoms with Gasteiger partial charge < -0.3 is 0 Å². The third kappa shape index (κ3) is 1.37. The first-order valence-corrected chi connectivity index (χ1v) is 5.07. The van der Waals surface area contributed by atoms with Crippen LogP contribution in [0.1, 0.15) is 0 Å². The molecule has 16 heavy (non-hydrogen) atoms. The Morgan fingerprint density at radius 3 is 2.69 bits per heavy atom. The summed E-state index contributed by atoms with van der Waals surface area (Å²) in [5, 5.41) is 8.20. The molecule has 0 unspecified atom stereocenters. The maximum absolute atomic E-state index is 4.22. The molecule has 0 N–H and O–H groups in total. The minimum atomic E-state index is 0.629. The van der Waals surface area contributed by atoms with E-state index in [2.05, 4.69) is 15.2 Å². The number of benzene rings is 1. The monoisotopic (exact) mass is 208 g/mol. The van der Waals surface area contributed by atoms with Crippen LogP contribution in [0.25, 0.3) is 17.2 Å². The summed E-state index contributed by atoms with van der Waals surface area (Å²) in [6.07, 6.45) is 3.78. The zero-order chi connectivity index (χ0) is 11.0. The lowest BCUT2D eigenvalue weighted by molar-refractivity contribution is 1.10. The molecule has 5 heteroatoms. The van der Waals surface area contributed by atoms with Gasteiger partial charge in [-0.25, -0.2) is 4.98 Å². The number of nitrogens with zero attached hydrogens (tertiary/aromatic N) is 4. The molecule has 0 saturated heterocycles. The van der Waals surface area contributed by atoms with Gasteiger partial charge in [0, 0.05) is 18.0 Å². The zero-order valence-electron chi connectivity index (χ0n) is 8.83. The molecular weight excluding hydrogens is 199 g/mol. The van der Waals surface area contributed by atoms with Crippen molar-refractivity contribution in [1.29, 1.82) is 0 Å². The van der Waals surface area contributed by atoms with Crippen molar-refractivity contribution in [1.82, 2.24) is 19.6 Å². The molecule has 0 amide bonds. The maximum atomic E-state index is 4.22. The summed E-state index contributed by atoms with van der Waals surface area (Å²) in [5.74, 6) is 1.45. The number of rotatable bonds is 1. The van der Waals surface area contributed by atoms with Crippen molar-refractivity contribution < 1.29 is 0 Å². The summed E-state index contributed by atoms with van der Waals surface area (Å²) in [6, 6.07) is 9.98. The van der Waals surface area contributed by atoms with Crippen LogP contribution in [0.3, 0.4) is 0 Å². The maximum Gasteiger partial charge on any atom is 0.255 e. The minimum Gasteiger partial charge on any atom is -0.267 e. The Kier molecular flexibility index (Phi) is 1.96. The molecule has 0 spiro atoms. The van der Waals surface area contributed by atoms with Crippen LogP contribution >= 0.6 is 0 Å². The Bertz CT molecular complexity index is 633. The van der Waals surface area contributed by atoms with Crippen LogP contribution in [0.4, 0.5) is 0 Å². The largest absolute Gasteiger partial charge is 0.267 e. The van der Waals surface area contributed by atoms with Gasteiger partial charge in [0.05, 0.1) is 0 Å². The molecule has 0 bridgehead atoms. The van der Waals surface area contributed by atoms with E-state index in [1.807, 2.05) is 48.8 Å². The molecule has 0 atom stereocenters. The zero-order valence-corrected chi connectivity index (χ0v) is 8.83. The van der Waals surface area contributed by atoms with Gasteiger partial charge >= 0.3 is 0 Å². The van der Waals surface area contributed by atoms with E-state index in [9.17, 15) is 0 Å². The lowest BCUT2D eigenvalue weighted by atomic mass is 10.0. The molecule has 3 aromatic rings. The van der Waals surface area contributed by atoms with Crippen molar-refractivity contribution in [3.8, 4) is 11.4 Å². The smallest absolute Gasteiger partial charge is 0.255 e. The predicted octanol–water partition coefficient (Wildman–Crippen LogP) is 0.0497. The number of hydrogen-bond donors (Lipinski definition) is 0. The fraction of sp³-hybridized carbons (Fsp3) is 0. The van der Waals surface area contributed by atoms with Gasteiger partial charge in [-0.2, -0.15) is 0 Å². The molecule has 2 heterocycles. The molecule has 76 valence electrons. The highest BCUT2D eigenvalue weighted by Crippen LogP contribution is 2.15. The fourth-order valence-corrected chi connectivity index (χ4v) is 1.67. The van der Waals surface area contributed by atoms with Gasteiger partial charge in [0.1, 0.15) is 7.85 Å². The molecule has 0 aliphatic carbocycles. The Morgan fingerprint density at radius 1 is 1.06 bits per heavy atom. The minimum absolute atomic E-state index is 0.629. The molecular formula is C11H9BN4. The summed E-state index contributed by atoms with van der Waals surface area (Å²) in [7, 11) is 2.00. The predicted molar refractivity (Wildman–Crippen MR) is 64.4 cm³/mol. The van der Waals surface area contributed by atoms with E-state index in [-0.39, 0.29) is 0 Å². The first-order valence-electron chi connectivity index (χ1n) is 5.07. The molecule has 3 rings (SSSR count). The lowest BCUT2D eigenvalue weighted by Gasteiger charge is -1.99. The van der Waals surface area contributed by atoms with Crippen LogP contribution < -0.4 is 5.46 Å². The van der Waals surface area contributed by atoms with Gasteiger partial charge in [0.2, 0.25) is 0 Å². The lowest BCUT2D eigenvalue weighted by Crippen LogP contribution is -2.07. The summed E-state index contributed by atoms with van der Waals surface area (Å²) in [5.41, 5.74) is 2.13. The molecule has 2 aromatic heterocycles. The van der Waals surface area contributed by atoms with Crippen LogP contribution in [0, 0.1) is 0 Å². The quantitative estimate of drug-likeness (QED) is 0.530. The second-order valence-corrected chi connectivity index (χ2v) is 3.69. The normalized spacial score (nSPS) is 10.8. The van der Waals surface area contributed by atoms with Crippen molar-refractivity contribution in [2.24, 2.45) is 0 Å². The third-order valence-corrected chi connectivity index (χ3v) is 2.43. The van der Waals surface area contributed by atoms with Gasteiger partial charge in [-0.1, -0.05) is 35.8 Å². The summed E-state index contributed by atoms with van der Waals surface area (Å²) >= 11 is 0. The summed E-state index contributed by atoms with van der Waals surface area (Å²) in [6.45, 7) is 0. The van der Waals surface area contributed by atoms with E-state index in [1.165, 1.54) is 0 Å². The highest BCUT2D eigenvalue weighted by molar-refractivity contribution is 6.31. The van der Waals surface area contributed by atoms with Crippen molar-refractivity contribution in [3.05, 3.63) is 42.7 Å². The van der Waals surface area contributed by atoms with E-state index in [1.54, 1.807) is 6.20 Å². The van der Waals surface area contributed by atoms with Gasteiger partial charge in [-0.15, -0.1) is 10.2 Å². The average molecular weight is 208 g/mol. The van der Waals surface area contributed by atoms with Crippen molar-refractivity contribution in [2.45, 2.75) is 0 Å². The summed E-state index contributed by atoms with van der Waals surface area (Å²) in [4.78, 5) is 4.22. The van der Waals surface area contributed by atoms with Crippen molar-refractivity contribution in [3.63, 3.8) is 0 Å². The van der Waals surface area contributed by atoms with E-state index in [0.29, 0.717) is 5.78 Å². The van der Waals surface area contributed by atoms with Crippen molar-refractivity contribution in [2.75, 3.05) is 0 Å². The van der Waals surface area contributed by atoms with Crippen LogP contribution in [0.15, 0.2) is 42.7 Å². The Morgan fingerprint density at radius 2 is 1.88 bits per heavy atom. The molecule has 0 fully saturated rings. The second-order valence-electron chi connectivity index (χ2n) is 3.69. The van der Waals surface area contributed by atoms with E-state index in [4.69, 9.17) is 0 Å². The van der Waals surface area contributed by atoms with Crippen LogP contribution in [-0.4, -0.2) is 27.4 Å². The first-order chi connectivity index (χ1) is 7.84. The molecule has 0 aliphatic heterocycles. The van der Waals surface area contributed by atoms with Crippen molar-refractivity contribution >= 4 is 19.1 Å². The molecule has 0 radical (unpaired) electrons. The van der Waals surface area contributed by atoms with Crippen LogP contribution in [-0.2, 0) is 0 Å². The van der Waals surface area contributed by atoms with Gasteiger partial charge in [-0.3, -0.25) is 4.40 Å². The standard InChI is InChI=1S/C11H9BN4/c12-9-6-13-11-15-14-10(16(11)7-9)8-4-2-1-3-5-8/h1-7H,12H2. The Labute approximate surface area is 93.4 Å². The topological polar surface area (TPSA) is 43.1 Å². The van der Waals surface area contributed by atoms with Gasteiger partial charge in [-0.05, 0) is 0 Å².